The van der Waals surface area contributed by atoms with Gasteiger partial charge in [-0.15, -0.1) is 0 Å². The van der Waals surface area contributed by atoms with Gasteiger partial charge in [0.25, 0.3) is 0 Å². The molecule has 1 spiro atoms. The predicted octanol–water partition coefficient (Wildman–Crippen LogP) is 3.82. The van der Waals surface area contributed by atoms with Crippen LogP contribution in [0.15, 0.2) is 12.1 Å². The van der Waals surface area contributed by atoms with E-state index >= 15 is 0 Å². The predicted molar refractivity (Wildman–Crippen MR) is 93.6 cm³/mol. The van der Waals surface area contributed by atoms with Crippen LogP contribution in [0.5, 0.6) is 5.75 Å². The van der Waals surface area contributed by atoms with Crippen LogP contribution in [0.1, 0.15) is 66.9 Å². The standard InChI is InChI=1S/C20H27NO3/c1-4-5-6-18(23)21-9-7-20(8-10-21)13-17(22)16-12-14(2)11-15(3)19(16)24-20/h11-12H,4-10,13H2,1-3H3. The van der Waals surface area contributed by atoms with Gasteiger partial charge in [-0.05, 0) is 37.5 Å². The number of amides is 1. The highest BCUT2D eigenvalue weighted by molar-refractivity contribution is 6.01. The summed E-state index contributed by atoms with van der Waals surface area (Å²) in [6.45, 7) is 7.49. The van der Waals surface area contributed by atoms with Gasteiger partial charge in [-0.2, -0.15) is 0 Å². The Morgan fingerprint density at radius 3 is 2.62 bits per heavy atom. The summed E-state index contributed by atoms with van der Waals surface area (Å²) >= 11 is 0. The topological polar surface area (TPSA) is 46.6 Å². The van der Waals surface area contributed by atoms with Crippen molar-refractivity contribution in [2.45, 2.75) is 64.9 Å². The maximum absolute atomic E-state index is 12.7. The summed E-state index contributed by atoms with van der Waals surface area (Å²) in [5.74, 6) is 1.16. The lowest BCUT2D eigenvalue weighted by Gasteiger charge is -2.44. The number of ether oxygens (including phenoxy) is 1. The van der Waals surface area contributed by atoms with Crippen molar-refractivity contribution >= 4 is 11.7 Å². The fraction of sp³-hybridized carbons (Fsp3) is 0.600. The normalized spacial score (nSPS) is 19.1. The molecular weight excluding hydrogens is 302 g/mol. The largest absolute Gasteiger partial charge is 0.486 e. The minimum atomic E-state index is -0.425. The van der Waals surface area contributed by atoms with Crippen molar-refractivity contribution in [2.75, 3.05) is 13.1 Å². The number of carbonyl (C=O) groups is 2. The second-order valence-electron chi connectivity index (χ2n) is 7.33. The Kier molecular flexibility index (Phi) is 4.66. The molecule has 1 saturated heterocycles. The molecule has 1 aromatic rings. The summed E-state index contributed by atoms with van der Waals surface area (Å²) in [5, 5.41) is 0. The van der Waals surface area contributed by atoms with Crippen LogP contribution in [-0.4, -0.2) is 35.3 Å². The summed E-state index contributed by atoms with van der Waals surface area (Å²) in [4.78, 5) is 26.8. The summed E-state index contributed by atoms with van der Waals surface area (Å²) in [5.41, 5.74) is 2.42. The Morgan fingerprint density at radius 1 is 1.25 bits per heavy atom. The second kappa shape index (κ2) is 6.58. The molecule has 0 unspecified atom stereocenters. The molecule has 0 aliphatic carbocycles. The maximum Gasteiger partial charge on any atom is 0.222 e. The first-order valence-electron chi connectivity index (χ1n) is 9.05. The number of nitrogens with zero attached hydrogens (tertiary/aromatic N) is 1. The van der Waals surface area contributed by atoms with Crippen LogP contribution < -0.4 is 4.74 Å². The second-order valence-corrected chi connectivity index (χ2v) is 7.33. The first-order valence-corrected chi connectivity index (χ1v) is 9.05. The van der Waals surface area contributed by atoms with Gasteiger partial charge in [-0.25, -0.2) is 0 Å². The van der Waals surface area contributed by atoms with Gasteiger partial charge in [-0.1, -0.05) is 19.4 Å². The molecule has 1 fully saturated rings. The number of carbonyl (C=O) groups excluding carboxylic acids is 2. The van der Waals surface area contributed by atoms with E-state index in [1.165, 1.54) is 0 Å². The Hall–Kier alpha value is -1.84. The Labute approximate surface area is 144 Å². The van der Waals surface area contributed by atoms with E-state index in [0.717, 1.165) is 48.1 Å². The van der Waals surface area contributed by atoms with Crippen LogP contribution in [0.4, 0.5) is 0 Å². The first kappa shape index (κ1) is 17.0. The highest BCUT2D eigenvalue weighted by Crippen LogP contribution is 2.41. The van der Waals surface area contributed by atoms with Crippen molar-refractivity contribution in [3.63, 3.8) is 0 Å². The molecule has 2 heterocycles. The number of hydrogen-bond acceptors (Lipinski definition) is 3. The summed E-state index contributed by atoms with van der Waals surface area (Å²) in [6, 6.07) is 4.00. The van der Waals surface area contributed by atoms with Gasteiger partial charge in [0.15, 0.2) is 5.78 Å². The number of benzene rings is 1. The van der Waals surface area contributed by atoms with E-state index in [1.54, 1.807) is 0 Å². The number of Topliss-reactive ketones (excluding diaryl/α,β-unsaturated/α-hetero) is 1. The van der Waals surface area contributed by atoms with E-state index in [0.29, 0.717) is 25.9 Å². The number of rotatable bonds is 3. The molecule has 0 radical (unpaired) electrons. The Bertz CT molecular complexity index is 657. The molecule has 1 aromatic carbocycles. The molecule has 0 atom stereocenters. The SMILES string of the molecule is CCCCC(=O)N1CCC2(CC1)CC(=O)c1cc(C)cc(C)c1O2. The van der Waals surface area contributed by atoms with E-state index in [-0.39, 0.29) is 11.7 Å². The molecule has 0 saturated carbocycles. The molecule has 2 aliphatic heterocycles. The maximum atomic E-state index is 12.7. The number of unbranched alkanes of at least 4 members (excludes halogenated alkanes) is 1. The van der Waals surface area contributed by atoms with E-state index in [9.17, 15) is 9.59 Å². The lowest BCUT2D eigenvalue weighted by molar-refractivity contribution is -0.134. The van der Waals surface area contributed by atoms with E-state index < -0.39 is 5.60 Å². The average molecular weight is 329 g/mol. The lowest BCUT2D eigenvalue weighted by Crippen LogP contribution is -2.52. The van der Waals surface area contributed by atoms with Crippen LogP contribution >= 0.6 is 0 Å². The van der Waals surface area contributed by atoms with Crippen molar-refractivity contribution in [3.8, 4) is 5.75 Å². The van der Waals surface area contributed by atoms with Crippen LogP contribution in [-0.2, 0) is 4.79 Å². The quantitative estimate of drug-likeness (QED) is 0.847. The fourth-order valence-corrected chi connectivity index (χ4v) is 3.87. The molecular formula is C20H27NO3. The third-order valence-electron chi connectivity index (χ3n) is 5.29. The molecule has 130 valence electrons. The molecule has 0 bridgehead atoms. The van der Waals surface area contributed by atoms with Gasteiger partial charge in [0, 0.05) is 32.4 Å². The smallest absolute Gasteiger partial charge is 0.222 e. The average Bonchev–Trinajstić information content (AvgIpc) is 2.55. The molecule has 24 heavy (non-hydrogen) atoms. The van der Waals surface area contributed by atoms with Crippen LogP contribution in [0, 0.1) is 13.8 Å². The summed E-state index contributed by atoms with van der Waals surface area (Å²) < 4.78 is 6.37. The van der Waals surface area contributed by atoms with Crippen LogP contribution in [0.2, 0.25) is 0 Å². The van der Waals surface area contributed by atoms with E-state index in [1.807, 2.05) is 24.8 Å². The van der Waals surface area contributed by atoms with E-state index in [2.05, 4.69) is 13.0 Å². The highest BCUT2D eigenvalue weighted by Gasteiger charge is 2.44. The van der Waals surface area contributed by atoms with Crippen LogP contribution in [0.3, 0.4) is 0 Å². The highest BCUT2D eigenvalue weighted by atomic mass is 16.5. The molecule has 0 N–H and O–H groups in total. The molecule has 0 aromatic heterocycles. The number of piperidine rings is 1. The number of fused-ring (bicyclic) bond motifs is 1. The Morgan fingerprint density at radius 2 is 1.96 bits per heavy atom. The molecule has 4 nitrogen and oxygen atoms in total. The zero-order chi connectivity index (χ0) is 17.3. The monoisotopic (exact) mass is 329 g/mol. The summed E-state index contributed by atoms with van der Waals surface area (Å²) in [7, 11) is 0. The third-order valence-corrected chi connectivity index (χ3v) is 5.29. The fourth-order valence-electron chi connectivity index (χ4n) is 3.87. The zero-order valence-corrected chi connectivity index (χ0v) is 15.0. The van der Waals surface area contributed by atoms with Gasteiger partial charge >= 0.3 is 0 Å². The van der Waals surface area contributed by atoms with E-state index in [4.69, 9.17) is 4.74 Å². The van der Waals surface area contributed by atoms with Crippen molar-refractivity contribution in [2.24, 2.45) is 0 Å². The zero-order valence-electron chi connectivity index (χ0n) is 15.0. The number of likely N-dealkylation sites (tertiary alicyclic amines) is 1. The van der Waals surface area contributed by atoms with Gasteiger partial charge < -0.3 is 9.64 Å². The molecule has 2 aliphatic rings. The third kappa shape index (κ3) is 3.19. The van der Waals surface area contributed by atoms with Gasteiger partial charge in [-0.3, -0.25) is 9.59 Å². The van der Waals surface area contributed by atoms with Crippen molar-refractivity contribution in [1.29, 1.82) is 0 Å². The molecule has 4 heteroatoms. The molecule has 1 amide bonds. The van der Waals surface area contributed by atoms with Crippen molar-refractivity contribution in [3.05, 3.63) is 28.8 Å². The molecule has 3 rings (SSSR count). The number of hydrogen-bond donors (Lipinski definition) is 0. The number of aryl methyl sites for hydroxylation is 2. The lowest BCUT2D eigenvalue weighted by atomic mass is 9.81. The first-order chi connectivity index (χ1) is 11.4. The Balaban J connectivity index is 1.73. The summed E-state index contributed by atoms with van der Waals surface area (Å²) in [6.07, 6.45) is 4.52. The van der Waals surface area contributed by atoms with Gasteiger partial charge in [0.05, 0.1) is 12.0 Å². The van der Waals surface area contributed by atoms with Crippen molar-refractivity contribution < 1.29 is 14.3 Å². The minimum Gasteiger partial charge on any atom is -0.486 e. The minimum absolute atomic E-state index is 0.175. The number of ketones is 1. The van der Waals surface area contributed by atoms with Gasteiger partial charge in [0.1, 0.15) is 11.4 Å². The van der Waals surface area contributed by atoms with Crippen LogP contribution in [0.25, 0.3) is 0 Å². The van der Waals surface area contributed by atoms with Gasteiger partial charge in [0.2, 0.25) is 5.91 Å². The van der Waals surface area contributed by atoms with Crippen molar-refractivity contribution in [1.82, 2.24) is 4.90 Å².